The van der Waals surface area contributed by atoms with Crippen molar-refractivity contribution >= 4 is 21.6 Å². The van der Waals surface area contributed by atoms with E-state index in [0.717, 1.165) is 35.8 Å². The van der Waals surface area contributed by atoms with E-state index in [-0.39, 0.29) is 0 Å². The molecule has 0 saturated heterocycles. The van der Waals surface area contributed by atoms with Crippen LogP contribution in [0.4, 0.5) is 5.69 Å². The van der Waals surface area contributed by atoms with Crippen molar-refractivity contribution in [1.29, 1.82) is 0 Å². The third-order valence-corrected chi connectivity index (χ3v) is 4.21. The Balaban J connectivity index is 1.99. The van der Waals surface area contributed by atoms with Gasteiger partial charge in [0.1, 0.15) is 0 Å². The molecule has 2 nitrogen and oxygen atoms in total. The van der Waals surface area contributed by atoms with E-state index >= 15 is 0 Å². The van der Waals surface area contributed by atoms with Gasteiger partial charge in [0.25, 0.3) is 0 Å². The van der Waals surface area contributed by atoms with Crippen molar-refractivity contribution in [1.82, 2.24) is 0 Å². The highest BCUT2D eigenvalue weighted by Gasteiger charge is 2.28. The van der Waals surface area contributed by atoms with Crippen LogP contribution in [0.1, 0.15) is 37.7 Å². The van der Waals surface area contributed by atoms with E-state index in [2.05, 4.69) is 40.3 Å². The van der Waals surface area contributed by atoms with Crippen LogP contribution in [0.2, 0.25) is 0 Å². The van der Waals surface area contributed by atoms with E-state index in [4.69, 9.17) is 0 Å². The highest BCUT2D eigenvalue weighted by atomic mass is 79.9. The van der Waals surface area contributed by atoms with Gasteiger partial charge in [-0.1, -0.05) is 25.3 Å². The molecule has 17 heavy (non-hydrogen) atoms. The predicted octanol–water partition coefficient (Wildman–Crippen LogP) is 3.86. The fourth-order valence-corrected chi connectivity index (χ4v) is 2.81. The van der Waals surface area contributed by atoms with Crippen LogP contribution in [0.3, 0.4) is 0 Å². The summed E-state index contributed by atoms with van der Waals surface area (Å²) in [6.07, 6.45) is 5.39. The molecule has 0 amide bonds. The Morgan fingerprint density at radius 2 is 2.00 bits per heavy atom. The van der Waals surface area contributed by atoms with Gasteiger partial charge < -0.3 is 10.4 Å². The second-order valence-corrected chi connectivity index (χ2v) is 5.98. The maximum Gasteiger partial charge on any atom is 0.0819 e. The number of aryl methyl sites for hydroxylation is 1. The molecule has 0 aliphatic heterocycles. The van der Waals surface area contributed by atoms with E-state index in [1.54, 1.807) is 0 Å². The molecule has 0 atom stereocenters. The smallest absolute Gasteiger partial charge is 0.0819 e. The minimum absolute atomic E-state index is 0.512. The molecule has 1 aliphatic carbocycles. The molecule has 0 radical (unpaired) electrons. The molecule has 2 N–H and O–H groups in total. The largest absolute Gasteiger partial charge is 0.388 e. The van der Waals surface area contributed by atoms with Crippen LogP contribution in [0.15, 0.2) is 22.7 Å². The molecule has 1 fully saturated rings. The molecular weight excluding hydrogens is 278 g/mol. The van der Waals surface area contributed by atoms with Crippen molar-refractivity contribution in [2.24, 2.45) is 0 Å². The van der Waals surface area contributed by atoms with E-state index in [0.29, 0.717) is 6.54 Å². The first-order chi connectivity index (χ1) is 8.09. The minimum Gasteiger partial charge on any atom is -0.388 e. The molecule has 1 aliphatic rings. The molecule has 0 heterocycles. The fraction of sp³-hybridized carbons (Fsp3) is 0.571. The van der Waals surface area contributed by atoms with Gasteiger partial charge in [-0.3, -0.25) is 0 Å². The summed E-state index contributed by atoms with van der Waals surface area (Å²) < 4.78 is 1.06. The first-order valence-corrected chi connectivity index (χ1v) is 7.11. The lowest BCUT2D eigenvalue weighted by atomic mass is 9.85. The molecule has 1 saturated carbocycles. The molecule has 0 bridgehead atoms. The zero-order valence-electron chi connectivity index (χ0n) is 10.3. The summed E-state index contributed by atoms with van der Waals surface area (Å²) in [5.74, 6) is 0. The molecule has 1 aromatic carbocycles. The SMILES string of the molecule is Cc1ccc(Br)c(NCC2(O)CCCCC2)c1. The first-order valence-electron chi connectivity index (χ1n) is 6.31. The second kappa shape index (κ2) is 5.40. The zero-order valence-corrected chi connectivity index (χ0v) is 11.9. The van der Waals surface area contributed by atoms with Crippen LogP contribution in [-0.2, 0) is 0 Å². The Hall–Kier alpha value is -0.540. The van der Waals surface area contributed by atoms with E-state index in [1.807, 2.05) is 6.07 Å². The van der Waals surface area contributed by atoms with Crippen molar-refractivity contribution < 1.29 is 5.11 Å². The predicted molar refractivity (Wildman–Crippen MR) is 75.4 cm³/mol. The van der Waals surface area contributed by atoms with Crippen LogP contribution >= 0.6 is 15.9 Å². The molecule has 2 rings (SSSR count). The average Bonchev–Trinajstić information content (AvgIpc) is 2.31. The van der Waals surface area contributed by atoms with Gasteiger partial charge in [0, 0.05) is 16.7 Å². The quantitative estimate of drug-likeness (QED) is 0.888. The van der Waals surface area contributed by atoms with E-state index in [9.17, 15) is 5.11 Å². The number of rotatable bonds is 3. The third-order valence-electron chi connectivity index (χ3n) is 3.51. The van der Waals surface area contributed by atoms with Crippen molar-refractivity contribution in [3.05, 3.63) is 28.2 Å². The highest BCUT2D eigenvalue weighted by molar-refractivity contribution is 9.10. The van der Waals surface area contributed by atoms with Gasteiger partial charge in [-0.05, 0) is 53.4 Å². The molecule has 1 aromatic rings. The van der Waals surface area contributed by atoms with Crippen molar-refractivity contribution in [3.63, 3.8) is 0 Å². The van der Waals surface area contributed by atoms with Crippen molar-refractivity contribution in [2.45, 2.75) is 44.6 Å². The number of aliphatic hydroxyl groups is 1. The summed E-state index contributed by atoms with van der Waals surface area (Å²) in [5, 5.41) is 13.8. The highest BCUT2D eigenvalue weighted by Crippen LogP contribution is 2.30. The summed E-state index contributed by atoms with van der Waals surface area (Å²) in [5.41, 5.74) is 1.79. The Labute approximate surface area is 112 Å². The third kappa shape index (κ3) is 3.46. The Bertz CT molecular complexity index is 386. The number of hydrogen-bond donors (Lipinski definition) is 2. The number of nitrogens with one attached hydrogen (secondary N) is 1. The Kier molecular flexibility index (Phi) is 4.10. The maximum atomic E-state index is 10.4. The number of benzene rings is 1. The van der Waals surface area contributed by atoms with E-state index in [1.165, 1.54) is 12.0 Å². The van der Waals surface area contributed by atoms with E-state index < -0.39 is 5.60 Å². The summed E-state index contributed by atoms with van der Waals surface area (Å²) in [4.78, 5) is 0. The first kappa shape index (κ1) is 12.9. The average molecular weight is 298 g/mol. The van der Waals surface area contributed by atoms with Gasteiger partial charge in [0.15, 0.2) is 0 Å². The minimum atomic E-state index is -0.512. The molecule has 0 spiro atoms. The van der Waals surface area contributed by atoms with Crippen LogP contribution in [0.25, 0.3) is 0 Å². The van der Waals surface area contributed by atoms with Gasteiger partial charge >= 0.3 is 0 Å². The van der Waals surface area contributed by atoms with Gasteiger partial charge in [0.2, 0.25) is 0 Å². The number of hydrogen-bond acceptors (Lipinski definition) is 2. The molecule has 0 unspecified atom stereocenters. The van der Waals surface area contributed by atoms with Crippen LogP contribution < -0.4 is 5.32 Å². The van der Waals surface area contributed by atoms with Gasteiger partial charge in [0.05, 0.1) is 5.60 Å². The van der Waals surface area contributed by atoms with Crippen LogP contribution in [0.5, 0.6) is 0 Å². The Morgan fingerprint density at radius 1 is 1.29 bits per heavy atom. The summed E-state index contributed by atoms with van der Waals surface area (Å²) in [6.45, 7) is 2.72. The second-order valence-electron chi connectivity index (χ2n) is 5.12. The van der Waals surface area contributed by atoms with Gasteiger partial charge in [-0.15, -0.1) is 0 Å². The molecule has 0 aromatic heterocycles. The fourth-order valence-electron chi connectivity index (χ4n) is 2.42. The molecular formula is C14H20BrNO. The maximum absolute atomic E-state index is 10.4. The number of anilines is 1. The monoisotopic (exact) mass is 297 g/mol. The van der Waals surface area contributed by atoms with Gasteiger partial charge in [-0.2, -0.15) is 0 Å². The summed E-state index contributed by atoms with van der Waals surface area (Å²) >= 11 is 3.53. The topological polar surface area (TPSA) is 32.3 Å². The molecule has 3 heteroatoms. The Morgan fingerprint density at radius 3 is 2.71 bits per heavy atom. The van der Waals surface area contributed by atoms with Crippen molar-refractivity contribution in [2.75, 3.05) is 11.9 Å². The summed E-state index contributed by atoms with van der Waals surface area (Å²) in [7, 11) is 0. The lowest BCUT2D eigenvalue weighted by molar-refractivity contribution is 0.0167. The standard InChI is InChI=1S/C14H20BrNO/c1-11-5-6-12(15)13(9-11)16-10-14(17)7-3-2-4-8-14/h5-6,9,16-17H,2-4,7-8,10H2,1H3. The normalized spacial score (nSPS) is 19.0. The zero-order chi connectivity index (χ0) is 12.3. The lowest BCUT2D eigenvalue weighted by Gasteiger charge is -2.32. The molecule has 94 valence electrons. The van der Waals surface area contributed by atoms with Crippen molar-refractivity contribution in [3.8, 4) is 0 Å². The van der Waals surface area contributed by atoms with Crippen LogP contribution in [-0.4, -0.2) is 17.3 Å². The summed E-state index contributed by atoms with van der Waals surface area (Å²) in [6, 6.07) is 6.23. The van der Waals surface area contributed by atoms with Gasteiger partial charge in [-0.25, -0.2) is 0 Å². The number of halogens is 1. The lowest BCUT2D eigenvalue weighted by Crippen LogP contribution is -2.38. The van der Waals surface area contributed by atoms with Crippen LogP contribution in [0, 0.1) is 6.92 Å².